The van der Waals surface area contributed by atoms with Gasteiger partial charge in [0.05, 0.1) is 30.4 Å². The largest absolute Gasteiger partial charge is 0.503 e. The molecule has 9 nitrogen and oxygen atoms in total. The van der Waals surface area contributed by atoms with Crippen molar-refractivity contribution in [1.29, 1.82) is 0 Å². The molecule has 172 valence electrons. The second-order valence-electron chi connectivity index (χ2n) is 7.73. The Morgan fingerprint density at radius 1 is 1.12 bits per heavy atom. The average molecular weight is 458 g/mol. The summed E-state index contributed by atoms with van der Waals surface area (Å²) in [5.74, 6) is -0.975. The quantitative estimate of drug-likeness (QED) is 0.334. The Morgan fingerprint density at radius 3 is 2.74 bits per heavy atom. The highest BCUT2D eigenvalue weighted by atomic mass is 16.5. The molecule has 0 fully saturated rings. The number of aromatic nitrogens is 4. The van der Waals surface area contributed by atoms with E-state index in [-0.39, 0.29) is 11.3 Å². The molecule has 0 aliphatic rings. The number of rotatable bonds is 8. The van der Waals surface area contributed by atoms with E-state index in [9.17, 15) is 15.0 Å². The molecule has 0 spiro atoms. The molecule has 2 N–H and O–H groups in total. The third kappa shape index (κ3) is 3.66. The molecule has 4 aromatic heterocycles. The molecule has 34 heavy (non-hydrogen) atoms. The van der Waals surface area contributed by atoms with Crippen molar-refractivity contribution in [3.63, 3.8) is 0 Å². The van der Waals surface area contributed by atoms with Crippen molar-refractivity contribution in [2.45, 2.75) is 19.5 Å². The fraction of sp³-hybridized carbons (Fsp3) is 0.160. The van der Waals surface area contributed by atoms with E-state index in [0.29, 0.717) is 47.6 Å². The first kappa shape index (κ1) is 21.3. The van der Waals surface area contributed by atoms with Crippen molar-refractivity contribution < 1.29 is 24.2 Å². The summed E-state index contributed by atoms with van der Waals surface area (Å²) in [6, 6.07) is 12.2. The third-order valence-electron chi connectivity index (χ3n) is 5.65. The zero-order chi connectivity index (χ0) is 23.7. The van der Waals surface area contributed by atoms with Crippen LogP contribution in [0.25, 0.3) is 22.4 Å². The second kappa shape index (κ2) is 8.78. The summed E-state index contributed by atoms with van der Waals surface area (Å²) in [6.45, 7) is 0.984. The van der Waals surface area contributed by atoms with Crippen LogP contribution < -0.4 is 4.74 Å². The Kier molecular flexibility index (Phi) is 5.51. The Labute approximate surface area is 194 Å². The van der Waals surface area contributed by atoms with Gasteiger partial charge in [0.15, 0.2) is 22.8 Å². The number of ether oxygens (including phenoxy) is 1. The van der Waals surface area contributed by atoms with Crippen molar-refractivity contribution in [3.05, 3.63) is 78.7 Å². The molecule has 0 amide bonds. The summed E-state index contributed by atoms with van der Waals surface area (Å²) in [7, 11) is 1.52. The Balaban J connectivity index is 1.59. The number of imidazole rings is 1. The molecule has 0 saturated heterocycles. The van der Waals surface area contributed by atoms with Gasteiger partial charge in [-0.1, -0.05) is 18.2 Å². The average Bonchev–Trinajstić information content (AvgIpc) is 3.59. The Bertz CT molecular complexity index is 1450. The van der Waals surface area contributed by atoms with Crippen LogP contribution in [0.3, 0.4) is 0 Å². The van der Waals surface area contributed by atoms with Gasteiger partial charge >= 0.3 is 0 Å². The fourth-order valence-electron chi connectivity index (χ4n) is 4.06. The molecule has 0 saturated carbocycles. The fourth-order valence-corrected chi connectivity index (χ4v) is 4.06. The first-order valence-electron chi connectivity index (χ1n) is 10.7. The SMILES string of the molecule is COc1cccc2cc(C(=O)c3c(O)c(O)n(CCCn4ccnc4)c3-c3ccccn3)oc12. The van der Waals surface area contributed by atoms with Crippen LogP contribution in [0.2, 0.25) is 0 Å². The topological polar surface area (TPSA) is 116 Å². The van der Waals surface area contributed by atoms with Crippen molar-refractivity contribution in [2.24, 2.45) is 0 Å². The number of hydrogen-bond donors (Lipinski definition) is 2. The zero-order valence-corrected chi connectivity index (χ0v) is 18.4. The maximum absolute atomic E-state index is 13.6. The number of nitrogens with zero attached hydrogens (tertiary/aromatic N) is 4. The van der Waals surface area contributed by atoms with Gasteiger partial charge in [0.2, 0.25) is 11.7 Å². The lowest BCUT2D eigenvalue weighted by molar-refractivity contribution is 0.101. The number of fused-ring (bicyclic) bond motifs is 1. The van der Waals surface area contributed by atoms with Gasteiger partial charge in [0.1, 0.15) is 0 Å². The number of aryl methyl sites for hydroxylation is 1. The number of aromatic hydroxyl groups is 2. The molecule has 9 heteroatoms. The molecule has 0 bridgehead atoms. The predicted molar refractivity (Wildman–Crippen MR) is 124 cm³/mol. The van der Waals surface area contributed by atoms with Gasteiger partial charge in [0.25, 0.3) is 0 Å². The lowest BCUT2D eigenvalue weighted by atomic mass is 10.1. The van der Waals surface area contributed by atoms with E-state index in [1.807, 2.05) is 10.8 Å². The van der Waals surface area contributed by atoms with E-state index >= 15 is 0 Å². The van der Waals surface area contributed by atoms with E-state index < -0.39 is 17.4 Å². The molecular formula is C25H22N4O5. The van der Waals surface area contributed by atoms with Crippen LogP contribution in [0.1, 0.15) is 22.5 Å². The van der Waals surface area contributed by atoms with Crippen LogP contribution in [0, 0.1) is 0 Å². The van der Waals surface area contributed by atoms with Gasteiger partial charge in [-0.25, -0.2) is 4.98 Å². The summed E-state index contributed by atoms with van der Waals surface area (Å²) in [5.41, 5.74) is 1.12. The minimum atomic E-state index is -0.569. The first-order valence-corrected chi connectivity index (χ1v) is 10.7. The van der Waals surface area contributed by atoms with E-state index in [4.69, 9.17) is 9.15 Å². The molecule has 0 radical (unpaired) electrons. The third-order valence-corrected chi connectivity index (χ3v) is 5.65. The standard InChI is InChI=1S/C25H22N4O5/c1-33-18-8-4-6-16-14-19(34-24(16)18)22(30)20-21(17-7-2-3-9-27-17)29(25(32)23(20)31)12-5-11-28-13-10-26-15-28/h2-4,6-10,13-15,31-32H,5,11-12H2,1H3. The molecular weight excluding hydrogens is 436 g/mol. The molecule has 0 atom stereocenters. The molecule has 4 heterocycles. The maximum atomic E-state index is 13.6. The maximum Gasteiger partial charge on any atom is 0.235 e. The Morgan fingerprint density at radius 2 is 2.00 bits per heavy atom. The summed E-state index contributed by atoms with van der Waals surface area (Å²) in [6.07, 6.45) is 7.45. The van der Waals surface area contributed by atoms with Crippen molar-refractivity contribution in [3.8, 4) is 28.8 Å². The number of para-hydroxylation sites is 1. The number of ketones is 1. The van der Waals surface area contributed by atoms with Gasteiger partial charge < -0.3 is 28.5 Å². The summed E-state index contributed by atoms with van der Waals surface area (Å²) >= 11 is 0. The number of hydrogen-bond acceptors (Lipinski definition) is 7. The number of carbonyl (C=O) groups excluding carboxylic acids is 1. The Hall–Kier alpha value is -4.53. The van der Waals surface area contributed by atoms with Crippen LogP contribution in [-0.4, -0.2) is 42.2 Å². The highest BCUT2D eigenvalue weighted by Crippen LogP contribution is 2.42. The molecule has 5 rings (SSSR count). The molecule has 0 unspecified atom stereocenters. The molecule has 0 aliphatic carbocycles. The summed E-state index contributed by atoms with van der Waals surface area (Å²) in [5, 5.41) is 22.3. The predicted octanol–water partition coefficient (Wildman–Crippen LogP) is 4.23. The second-order valence-corrected chi connectivity index (χ2v) is 7.73. The lowest BCUT2D eigenvalue weighted by Crippen LogP contribution is -2.07. The highest BCUT2D eigenvalue weighted by Gasteiger charge is 2.31. The monoisotopic (exact) mass is 458 g/mol. The number of furan rings is 1. The zero-order valence-electron chi connectivity index (χ0n) is 18.4. The number of methoxy groups -OCH3 is 1. The summed E-state index contributed by atoms with van der Waals surface area (Å²) < 4.78 is 14.6. The number of pyridine rings is 1. The van der Waals surface area contributed by atoms with Crippen molar-refractivity contribution in [1.82, 2.24) is 19.1 Å². The van der Waals surface area contributed by atoms with E-state index in [1.54, 1.807) is 61.2 Å². The number of benzene rings is 1. The number of carbonyl (C=O) groups is 1. The van der Waals surface area contributed by atoms with Gasteiger partial charge in [-0.15, -0.1) is 0 Å². The lowest BCUT2D eigenvalue weighted by Gasteiger charge is -2.11. The first-order chi connectivity index (χ1) is 16.6. The van der Waals surface area contributed by atoms with Gasteiger partial charge in [-0.3, -0.25) is 9.78 Å². The van der Waals surface area contributed by atoms with Crippen molar-refractivity contribution >= 4 is 16.8 Å². The minimum Gasteiger partial charge on any atom is -0.503 e. The molecule has 5 aromatic rings. The molecule has 1 aromatic carbocycles. The van der Waals surface area contributed by atoms with Gasteiger partial charge in [0, 0.05) is 37.1 Å². The minimum absolute atomic E-state index is 0.0162. The van der Waals surface area contributed by atoms with Gasteiger partial charge in [-0.2, -0.15) is 0 Å². The van der Waals surface area contributed by atoms with Crippen LogP contribution in [0.5, 0.6) is 17.4 Å². The smallest absolute Gasteiger partial charge is 0.235 e. The van der Waals surface area contributed by atoms with E-state index in [2.05, 4.69) is 9.97 Å². The van der Waals surface area contributed by atoms with E-state index in [1.165, 1.54) is 11.7 Å². The van der Waals surface area contributed by atoms with Crippen LogP contribution in [-0.2, 0) is 13.1 Å². The van der Waals surface area contributed by atoms with Crippen molar-refractivity contribution in [2.75, 3.05) is 7.11 Å². The van der Waals surface area contributed by atoms with Gasteiger partial charge in [-0.05, 0) is 30.7 Å². The molecule has 0 aliphatic heterocycles. The van der Waals surface area contributed by atoms with Crippen LogP contribution in [0.15, 0.2) is 71.8 Å². The van der Waals surface area contributed by atoms with E-state index in [0.717, 1.165) is 0 Å². The van der Waals surface area contributed by atoms with Crippen LogP contribution >= 0.6 is 0 Å². The highest BCUT2D eigenvalue weighted by molar-refractivity contribution is 6.14. The summed E-state index contributed by atoms with van der Waals surface area (Å²) in [4.78, 5) is 22.0. The van der Waals surface area contributed by atoms with Crippen LogP contribution in [0.4, 0.5) is 0 Å². The normalized spacial score (nSPS) is 11.2.